The van der Waals surface area contributed by atoms with Crippen molar-refractivity contribution in [2.75, 3.05) is 17.4 Å². The zero-order valence-corrected chi connectivity index (χ0v) is 14.1. The molecule has 2 aromatic carbocycles. The Morgan fingerprint density at radius 3 is 2.40 bits per heavy atom. The number of anilines is 2. The molecule has 0 spiro atoms. The summed E-state index contributed by atoms with van der Waals surface area (Å²) in [6.07, 6.45) is 6.44. The van der Waals surface area contributed by atoms with Crippen molar-refractivity contribution in [2.24, 2.45) is 0 Å². The fraction of sp³-hybridized carbons (Fsp3) is 0.350. The number of ether oxygens (including phenoxy) is 2. The largest absolute Gasteiger partial charge is 0.454 e. The summed E-state index contributed by atoms with van der Waals surface area (Å²) in [6, 6.07) is 13.7. The van der Waals surface area contributed by atoms with E-state index in [0.29, 0.717) is 23.1 Å². The first-order valence-electron chi connectivity index (χ1n) is 8.85. The summed E-state index contributed by atoms with van der Waals surface area (Å²) >= 11 is 0. The molecule has 25 heavy (non-hydrogen) atoms. The van der Waals surface area contributed by atoms with Gasteiger partial charge in [-0.15, -0.1) is 0 Å². The van der Waals surface area contributed by atoms with Crippen molar-refractivity contribution in [1.82, 2.24) is 0 Å². The number of amides is 1. The second kappa shape index (κ2) is 7.05. The number of fused-ring (bicyclic) bond motifs is 1. The lowest BCUT2D eigenvalue weighted by Gasteiger charge is -2.23. The lowest BCUT2D eigenvalue weighted by atomic mass is 9.95. The van der Waals surface area contributed by atoms with Gasteiger partial charge in [-0.05, 0) is 55.3 Å². The van der Waals surface area contributed by atoms with Crippen molar-refractivity contribution < 1.29 is 14.3 Å². The van der Waals surface area contributed by atoms with Crippen LogP contribution in [-0.4, -0.2) is 18.7 Å². The molecule has 5 nitrogen and oxygen atoms in total. The van der Waals surface area contributed by atoms with Gasteiger partial charge in [0.15, 0.2) is 11.5 Å². The third-order valence-electron chi connectivity index (χ3n) is 4.75. The van der Waals surface area contributed by atoms with E-state index in [1.807, 2.05) is 24.3 Å². The highest BCUT2D eigenvalue weighted by Gasteiger charge is 2.16. The van der Waals surface area contributed by atoms with Gasteiger partial charge in [0.25, 0.3) is 5.91 Å². The van der Waals surface area contributed by atoms with Crippen LogP contribution < -0.4 is 20.1 Å². The van der Waals surface area contributed by atoms with E-state index in [2.05, 4.69) is 10.6 Å². The molecule has 0 unspecified atom stereocenters. The van der Waals surface area contributed by atoms with Crippen LogP contribution in [0, 0.1) is 0 Å². The van der Waals surface area contributed by atoms with Gasteiger partial charge in [-0.2, -0.15) is 0 Å². The number of hydrogen-bond acceptors (Lipinski definition) is 4. The third-order valence-corrected chi connectivity index (χ3v) is 4.75. The van der Waals surface area contributed by atoms with Crippen molar-refractivity contribution in [1.29, 1.82) is 0 Å². The van der Waals surface area contributed by atoms with Crippen molar-refractivity contribution in [3.8, 4) is 11.5 Å². The maximum Gasteiger partial charge on any atom is 0.255 e. The summed E-state index contributed by atoms with van der Waals surface area (Å²) in [4.78, 5) is 12.4. The third kappa shape index (κ3) is 3.71. The molecule has 2 aromatic rings. The predicted molar refractivity (Wildman–Crippen MR) is 97.5 cm³/mol. The van der Waals surface area contributed by atoms with E-state index in [9.17, 15) is 4.79 Å². The number of carbonyl (C=O) groups is 1. The first kappa shape index (κ1) is 15.8. The molecule has 2 aliphatic rings. The van der Waals surface area contributed by atoms with Crippen LogP contribution in [0.3, 0.4) is 0 Å². The second-order valence-corrected chi connectivity index (χ2v) is 6.58. The highest BCUT2D eigenvalue weighted by molar-refractivity contribution is 6.04. The van der Waals surface area contributed by atoms with Crippen LogP contribution in [0.15, 0.2) is 42.5 Å². The maximum atomic E-state index is 12.4. The zero-order valence-electron chi connectivity index (χ0n) is 14.1. The van der Waals surface area contributed by atoms with Gasteiger partial charge in [-0.1, -0.05) is 19.3 Å². The van der Waals surface area contributed by atoms with Crippen LogP contribution >= 0.6 is 0 Å². The monoisotopic (exact) mass is 338 g/mol. The molecular formula is C20H22N2O3. The van der Waals surface area contributed by atoms with Crippen molar-refractivity contribution in [3.63, 3.8) is 0 Å². The van der Waals surface area contributed by atoms with E-state index in [4.69, 9.17) is 9.47 Å². The number of carbonyl (C=O) groups excluding carboxylic acids is 1. The quantitative estimate of drug-likeness (QED) is 0.867. The smallest absolute Gasteiger partial charge is 0.255 e. The van der Waals surface area contributed by atoms with Gasteiger partial charge in [-0.25, -0.2) is 0 Å². The minimum absolute atomic E-state index is 0.161. The Morgan fingerprint density at radius 2 is 1.60 bits per heavy atom. The van der Waals surface area contributed by atoms with Gasteiger partial charge in [0.2, 0.25) is 6.79 Å². The molecule has 1 amide bonds. The Morgan fingerprint density at radius 1 is 0.880 bits per heavy atom. The molecule has 0 bridgehead atoms. The maximum absolute atomic E-state index is 12.4. The molecular weight excluding hydrogens is 316 g/mol. The highest BCUT2D eigenvalue weighted by Crippen LogP contribution is 2.32. The molecule has 0 atom stereocenters. The molecule has 1 heterocycles. The first-order valence-corrected chi connectivity index (χ1v) is 8.85. The molecule has 5 heteroatoms. The number of benzene rings is 2. The molecule has 4 rings (SSSR count). The van der Waals surface area contributed by atoms with Gasteiger partial charge >= 0.3 is 0 Å². The standard InChI is InChI=1S/C20H22N2O3/c23-20(14-6-11-18-19(12-14)25-13-24-18)22-17-9-7-16(8-10-17)21-15-4-2-1-3-5-15/h6-12,15,21H,1-5,13H2,(H,22,23). The molecule has 1 saturated carbocycles. The summed E-state index contributed by atoms with van der Waals surface area (Å²) in [7, 11) is 0. The van der Waals surface area contributed by atoms with E-state index in [0.717, 1.165) is 11.4 Å². The second-order valence-electron chi connectivity index (χ2n) is 6.58. The van der Waals surface area contributed by atoms with E-state index >= 15 is 0 Å². The Labute approximate surface area is 147 Å². The van der Waals surface area contributed by atoms with Crippen LogP contribution in [0.2, 0.25) is 0 Å². The Kier molecular flexibility index (Phi) is 4.46. The summed E-state index contributed by atoms with van der Waals surface area (Å²) < 4.78 is 10.6. The lowest BCUT2D eigenvalue weighted by molar-refractivity contribution is 0.102. The minimum atomic E-state index is -0.161. The molecule has 130 valence electrons. The van der Waals surface area contributed by atoms with Crippen LogP contribution in [-0.2, 0) is 0 Å². The minimum Gasteiger partial charge on any atom is -0.454 e. The first-order chi connectivity index (χ1) is 12.3. The lowest BCUT2D eigenvalue weighted by Crippen LogP contribution is -2.22. The fourth-order valence-electron chi connectivity index (χ4n) is 3.37. The summed E-state index contributed by atoms with van der Waals surface area (Å²) in [5, 5.41) is 6.50. The fourth-order valence-corrected chi connectivity index (χ4v) is 3.37. The Balaban J connectivity index is 1.38. The van der Waals surface area contributed by atoms with Gasteiger partial charge in [0.05, 0.1) is 0 Å². The SMILES string of the molecule is O=C(Nc1ccc(NC2CCCCC2)cc1)c1ccc2c(c1)OCO2. The van der Waals surface area contributed by atoms with E-state index in [-0.39, 0.29) is 12.7 Å². The van der Waals surface area contributed by atoms with Crippen LogP contribution in [0.4, 0.5) is 11.4 Å². The molecule has 0 saturated heterocycles. The molecule has 2 N–H and O–H groups in total. The average Bonchev–Trinajstić information content (AvgIpc) is 3.12. The molecule has 1 aliphatic carbocycles. The number of hydrogen-bond donors (Lipinski definition) is 2. The Hall–Kier alpha value is -2.69. The zero-order chi connectivity index (χ0) is 17.1. The van der Waals surface area contributed by atoms with E-state index in [1.165, 1.54) is 32.1 Å². The highest BCUT2D eigenvalue weighted by atomic mass is 16.7. The van der Waals surface area contributed by atoms with Crippen LogP contribution in [0.1, 0.15) is 42.5 Å². The van der Waals surface area contributed by atoms with Crippen LogP contribution in [0.5, 0.6) is 11.5 Å². The summed E-state index contributed by atoms with van der Waals surface area (Å²) in [5.74, 6) is 1.13. The number of nitrogens with one attached hydrogen (secondary N) is 2. The summed E-state index contributed by atoms with van der Waals surface area (Å²) in [5.41, 5.74) is 2.43. The molecule has 1 aliphatic heterocycles. The van der Waals surface area contributed by atoms with Gasteiger partial charge in [-0.3, -0.25) is 4.79 Å². The van der Waals surface area contributed by atoms with Crippen molar-refractivity contribution >= 4 is 17.3 Å². The Bertz CT molecular complexity index is 752. The average molecular weight is 338 g/mol. The normalized spacial score (nSPS) is 16.5. The van der Waals surface area contributed by atoms with E-state index < -0.39 is 0 Å². The molecule has 0 radical (unpaired) electrons. The van der Waals surface area contributed by atoms with Gasteiger partial charge in [0, 0.05) is 23.0 Å². The van der Waals surface area contributed by atoms with E-state index in [1.54, 1.807) is 18.2 Å². The molecule has 0 aromatic heterocycles. The van der Waals surface area contributed by atoms with Crippen molar-refractivity contribution in [3.05, 3.63) is 48.0 Å². The van der Waals surface area contributed by atoms with Gasteiger partial charge < -0.3 is 20.1 Å². The van der Waals surface area contributed by atoms with Crippen molar-refractivity contribution in [2.45, 2.75) is 38.1 Å². The molecule has 1 fully saturated rings. The van der Waals surface area contributed by atoms with Crippen LogP contribution in [0.25, 0.3) is 0 Å². The summed E-state index contributed by atoms with van der Waals surface area (Å²) in [6.45, 7) is 0.204. The number of rotatable bonds is 4. The van der Waals surface area contributed by atoms with Gasteiger partial charge in [0.1, 0.15) is 0 Å². The topological polar surface area (TPSA) is 59.6 Å². The predicted octanol–water partition coefficient (Wildman–Crippen LogP) is 4.41.